The second kappa shape index (κ2) is 7.76. The van der Waals surface area contributed by atoms with Crippen molar-refractivity contribution in [2.24, 2.45) is 0 Å². The molecule has 0 radical (unpaired) electrons. The van der Waals surface area contributed by atoms with Crippen LogP contribution >= 0.6 is 0 Å². The number of nitrogens with one attached hydrogen (secondary N) is 2. The lowest BCUT2D eigenvalue weighted by atomic mass is 10.2. The number of hydrogen-bond acceptors (Lipinski definition) is 4. The van der Waals surface area contributed by atoms with Crippen LogP contribution in [0, 0.1) is 6.92 Å². The molecule has 0 atom stereocenters. The number of hydrogen-bond donors (Lipinski definition) is 2. The zero-order valence-electron chi connectivity index (χ0n) is 13.0. The van der Waals surface area contributed by atoms with Gasteiger partial charge in [-0.15, -0.1) is 0 Å². The molecule has 0 saturated heterocycles. The van der Waals surface area contributed by atoms with Crippen molar-refractivity contribution >= 4 is 11.7 Å². The van der Waals surface area contributed by atoms with Gasteiger partial charge in [0.2, 0.25) is 0 Å². The molecule has 0 aliphatic carbocycles. The molecule has 2 rings (SSSR count). The zero-order chi connectivity index (χ0) is 17.6. The molecular formula is C16H17F3N4O. The van der Waals surface area contributed by atoms with E-state index in [1.807, 2.05) is 12.1 Å². The molecule has 8 heteroatoms. The Morgan fingerprint density at radius 2 is 2.04 bits per heavy atom. The van der Waals surface area contributed by atoms with E-state index in [4.69, 9.17) is 0 Å². The van der Waals surface area contributed by atoms with E-state index in [0.29, 0.717) is 18.7 Å². The standard InChI is InChI=1S/C16H17F3N4O/c1-11-8-12(9-14(23-11)22-10-16(17,18)19)15(24)21-7-5-13-4-2-3-6-20-13/h2-4,6,8-9H,5,7,10H2,1H3,(H,21,24)(H,22,23). The van der Waals surface area contributed by atoms with Crippen LogP contribution in [-0.4, -0.2) is 35.1 Å². The Kier molecular flexibility index (Phi) is 5.73. The molecule has 1 amide bonds. The first-order valence-corrected chi connectivity index (χ1v) is 7.31. The zero-order valence-corrected chi connectivity index (χ0v) is 13.0. The molecule has 2 N–H and O–H groups in total. The monoisotopic (exact) mass is 338 g/mol. The van der Waals surface area contributed by atoms with Gasteiger partial charge in [0.25, 0.3) is 5.91 Å². The van der Waals surface area contributed by atoms with Gasteiger partial charge in [0.05, 0.1) is 0 Å². The third kappa shape index (κ3) is 5.86. The molecule has 128 valence electrons. The second-order valence-electron chi connectivity index (χ2n) is 5.18. The van der Waals surface area contributed by atoms with Crippen LogP contribution in [0.4, 0.5) is 19.0 Å². The van der Waals surface area contributed by atoms with E-state index in [9.17, 15) is 18.0 Å². The number of anilines is 1. The fourth-order valence-corrected chi connectivity index (χ4v) is 2.03. The summed E-state index contributed by atoms with van der Waals surface area (Å²) in [5.41, 5.74) is 1.56. The molecule has 5 nitrogen and oxygen atoms in total. The number of aromatic nitrogens is 2. The quantitative estimate of drug-likeness (QED) is 0.850. The molecule has 2 aromatic rings. The first-order valence-electron chi connectivity index (χ1n) is 7.31. The molecule has 0 aliphatic rings. The highest BCUT2D eigenvalue weighted by atomic mass is 19.4. The van der Waals surface area contributed by atoms with Crippen LogP contribution in [0.2, 0.25) is 0 Å². The molecule has 2 aromatic heterocycles. The van der Waals surface area contributed by atoms with E-state index in [2.05, 4.69) is 20.6 Å². The maximum Gasteiger partial charge on any atom is 0.405 e. The van der Waals surface area contributed by atoms with Gasteiger partial charge >= 0.3 is 6.18 Å². The van der Waals surface area contributed by atoms with E-state index in [0.717, 1.165) is 5.69 Å². The molecular weight excluding hydrogens is 321 g/mol. The lowest BCUT2D eigenvalue weighted by Crippen LogP contribution is -2.26. The molecule has 0 unspecified atom stereocenters. The number of rotatable bonds is 6. The summed E-state index contributed by atoms with van der Waals surface area (Å²) in [6, 6.07) is 8.33. The Hall–Kier alpha value is -2.64. The summed E-state index contributed by atoms with van der Waals surface area (Å²) in [5.74, 6) is -0.353. The fraction of sp³-hybridized carbons (Fsp3) is 0.312. The number of pyridine rings is 2. The molecule has 2 heterocycles. The van der Waals surface area contributed by atoms with Gasteiger partial charge in [-0.2, -0.15) is 13.2 Å². The Labute approximate surface area is 137 Å². The number of nitrogens with zero attached hydrogens (tertiary/aromatic N) is 2. The van der Waals surface area contributed by atoms with Gasteiger partial charge in [0, 0.05) is 36.1 Å². The third-order valence-corrected chi connectivity index (χ3v) is 3.08. The van der Waals surface area contributed by atoms with Crippen LogP contribution in [0.15, 0.2) is 36.5 Å². The molecule has 0 fully saturated rings. The minimum absolute atomic E-state index is 0.0159. The van der Waals surface area contributed by atoms with Gasteiger partial charge in [0.1, 0.15) is 12.4 Å². The number of aryl methyl sites for hydroxylation is 1. The predicted octanol–water partition coefficient (Wildman–Crippen LogP) is 2.73. The van der Waals surface area contributed by atoms with Crippen molar-refractivity contribution in [3.63, 3.8) is 0 Å². The van der Waals surface area contributed by atoms with Gasteiger partial charge in [-0.3, -0.25) is 9.78 Å². The van der Waals surface area contributed by atoms with Crippen molar-refractivity contribution < 1.29 is 18.0 Å². The summed E-state index contributed by atoms with van der Waals surface area (Å²) in [5, 5.41) is 4.89. The SMILES string of the molecule is Cc1cc(C(=O)NCCc2ccccn2)cc(NCC(F)(F)F)n1. The third-order valence-electron chi connectivity index (χ3n) is 3.08. The summed E-state index contributed by atoms with van der Waals surface area (Å²) < 4.78 is 36.8. The van der Waals surface area contributed by atoms with Crippen LogP contribution < -0.4 is 10.6 Å². The van der Waals surface area contributed by atoms with Crippen molar-refractivity contribution in [1.29, 1.82) is 0 Å². The molecule has 0 bridgehead atoms. The maximum absolute atomic E-state index is 12.3. The van der Waals surface area contributed by atoms with Crippen LogP contribution in [0.3, 0.4) is 0 Å². The van der Waals surface area contributed by atoms with Crippen LogP contribution in [0.5, 0.6) is 0 Å². The topological polar surface area (TPSA) is 66.9 Å². The van der Waals surface area contributed by atoms with Crippen molar-refractivity contribution in [1.82, 2.24) is 15.3 Å². The number of halogens is 3. The highest BCUT2D eigenvalue weighted by molar-refractivity contribution is 5.95. The first kappa shape index (κ1) is 17.7. The van der Waals surface area contributed by atoms with Crippen molar-refractivity contribution in [2.75, 3.05) is 18.4 Å². The Morgan fingerprint density at radius 3 is 2.71 bits per heavy atom. The average molecular weight is 338 g/mol. The van der Waals surface area contributed by atoms with E-state index in [1.165, 1.54) is 12.1 Å². The first-order chi connectivity index (χ1) is 11.3. The Morgan fingerprint density at radius 1 is 1.25 bits per heavy atom. The highest BCUT2D eigenvalue weighted by Gasteiger charge is 2.27. The largest absolute Gasteiger partial charge is 0.405 e. The van der Waals surface area contributed by atoms with Crippen molar-refractivity contribution in [3.8, 4) is 0 Å². The molecule has 0 aromatic carbocycles. The van der Waals surface area contributed by atoms with Crippen molar-refractivity contribution in [2.45, 2.75) is 19.5 Å². The Bertz CT molecular complexity index is 689. The van der Waals surface area contributed by atoms with Gasteiger partial charge in [-0.25, -0.2) is 4.98 Å². The highest BCUT2D eigenvalue weighted by Crippen LogP contribution is 2.16. The van der Waals surface area contributed by atoms with E-state index in [-0.39, 0.29) is 17.3 Å². The summed E-state index contributed by atoms with van der Waals surface area (Å²) in [6.07, 6.45) is -2.12. The maximum atomic E-state index is 12.3. The summed E-state index contributed by atoms with van der Waals surface area (Å²) in [4.78, 5) is 20.2. The van der Waals surface area contributed by atoms with Gasteiger partial charge in [-0.1, -0.05) is 6.07 Å². The van der Waals surface area contributed by atoms with Crippen LogP contribution in [-0.2, 0) is 6.42 Å². The van der Waals surface area contributed by atoms with Crippen LogP contribution in [0.1, 0.15) is 21.7 Å². The number of amides is 1. The number of carbonyl (C=O) groups excluding carboxylic acids is 1. The second-order valence-corrected chi connectivity index (χ2v) is 5.18. The number of alkyl halides is 3. The average Bonchev–Trinajstić information content (AvgIpc) is 2.53. The molecule has 0 spiro atoms. The molecule has 0 saturated carbocycles. The number of carbonyl (C=O) groups is 1. The van der Waals surface area contributed by atoms with Gasteiger partial charge in [0.15, 0.2) is 0 Å². The fourth-order valence-electron chi connectivity index (χ4n) is 2.03. The lowest BCUT2D eigenvalue weighted by molar-refractivity contribution is -0.115. The summed E-state index contributed by atoms with van der Waals surface area (Å²) in [6.45, 7) is 0.788. The summed E-state index contributed by atoms with van der Waals surface area (Å²) in [7, 11) is 0. The lowest BCUT2D eigenvalue weighted by Gasteiger charge is -2.11. The smallest absolute Gasteiger partial charge is 0.361 e. The Balaban J connectivity index is 1.94. The predicted molar refractivity (Wildman–Crippen MR) is 83.8 cm³/mol. The van der Waals surface area contributed by atoms with Crippen molar-refractivity contribution in [3.05, 3.63) is 53.5 Å². The normalized spacial score (nSPS) is 11.2. The minimum atomic E-state index is -4.35. The summed E-state index contributed by atoms with van der Waals surface area (Å²) >= 11 is 0. The van der Waals surface area contributed by atoms with E-state index >= 15 is 0 Å². The minimum Gasteiger partial charge on any atom is -0.361 e. The van der Waals surface area contributed by atoms with Gasteiger partial charge in [-0.05, 0) is 31.2 Å². The van der Waals surface area contributed by atoms with Gasteiger partial charge < -0.3 is 10.6 Å². The van der Waals surface area contributed by atoms with E-state index in [1.54, 1.807) is 19.2 Å². The molecule has 24 heavy (non-hydrogen) atoms. The molecule has 0 aliphatic heterocycles. The van der Waals surface area contributed by atoms with Crippen LogP contribution in [0.25, 0.3) is 0 Å². The van der Waals surface area contributed by atoms with E-state index < -0.39 is 12.7 Å².